The van der Waals surface area contributed by atoms with Crippen LogP contribution < -0.4 is 18.9 Å². The molecule has 0 aliphatic heterocycles. The van der Waals surface area contributed by atoms with Gasteiger partial charge in [-0.2, -0.15) is 0 Å². The van der Waals surface area contributed by atoms with Crippen LogP contribution in [0.2, 0.25) is 0 Å². The second kappa shape index (κ2) is 9.91. The Morgan fingerprint density at radius 3 is 1.59 bits per heavy atom. The van der Waals surface area contributed by atoms with Crippen LogP contribution in [-0.2, 0) is 9.47 Å². The van der Waals surface area contributed by atoms with E-state index in [2.05, 4.69) is 0 Å². The molecule has 27 heavy (non-hydrogen) atoms. The highest BCUT2D eigenvalue weighted by atomic mass is 16.8. The summed E-state index contributed by atoms with van der Waals surface area (Å²) in [4.78, 5) is 23.4. The molecular weight excluding hydrogens is 356 g/mol. The summed E-state index contributed by atoms with van der Waals surface area (Å²) < 4.78 is 29.9. The van der Waals surface area contributed by atoms with Crippen molar-refractivity contribution in [3.63, 3.8) is 0 Å². The first-order chi connectivity index (χ1) is 13.0. The van der Waals surface area contributed by atoms with E-state index in [1.54, 1.807) is 55.5 Å². The SMILES string of the molecule is COc1ccc(OC(=O)OCC(C)OC(=O)Oc2ccc(OC)cc2)cc1. The van der Waals surface area contributed by atoms with Gasteiger partial charge < -0.3 is 28.4 Å². The molecule has 0 spiro atoms. The minimum atomic E-state index is -0.917. The summed E-state index contributed by atoms with van der Waals surface area (Å²) in [6.07, 6.45) is -2.56. The third-order valence-electron chi connectivity index (χ3n) is 3.25. The van der Waals surface area contributed by atoms with E-state index in [9.17, 15) is 9.59 Å². The second-order valence-electron chi connectivity index (χ2n) is 5.29. The summed E-state index contributed by atoms with van der Waals surface area (Å²) in [6, 6.07) is 12.8. The van der Waals surface area contributed by atoms with Crippen LogP contribution in [0.4, 0.5) is 9.59 Å². The van der Waals surface area contributed by atoms with E-state index in [0.29, 0.717) is 23.0 Å². The van der Waals surface area contributed by atoms with Crippen LogP contribution in [-0.4, -0.2) is 39.2 Å². The van der Waals surface area contributed by atoms with Gasteiger partial charge in [0.05, 0.1) is 14.2 Å². The predicted molar refractivity (Wildman–Crippen MR) is 94.5 cm³/mol. The molecule has 8 heteroatoms. The van der Waals surface area contributed by atoms with Gasteiger partial charge in [0.25, 0.3) is 0 Å². The van der Waals surface area contributed by atoms with Crippen molar-refractivity contribution in [1.29, 1.82) is 0 Å². The lowest BCUT2D eigenvalue weighted by molar-refractivity contribution is 0.0184. The van der Waals surface area contributed by atoms with Crippen LogP contribution >= 0.6 is 0 Å². The number of benzene rings is 2. The van der Waals surface area contributed by atoms with E-state index in [1.807, 2.05) is 0 Å². The highest BCUT2D eigenvalue weighted by Gasteiger charge is 2.15. The molecule has 2 aromatic carbocycles. The van der Waals surface area contributed by atoms with Crippen molar-refractivity contribution in [2.24, 2.45) is 0 Å². The monoisotopic (exact) mass is 376 g/mol. The summed E-state index contributed by atoms with van der Waals surface area (Å²) in [7, 11) is 3.07. The second-order valence-corrected chi connectivity index (χ2v) is 5.29. The molecular formula is C19H20O8. The summed E-state index contributed by atoms with van der Waals surface area (Å²) in [5.74, 6) is 1.86. The fourth-order valence-corrected chi connectivity index (χ4v) is 1.92. The van der Waals surface area contributed by atoms with Crippen molar-refractivity contribution in [2.75, 3.05) is 20.8 Å². The Balaban J connectivity index is 1.71. The minimum Gasteiger partial charge on any atom is -0.497 e. The third kappa shape index (κ3) is 6.77. The van der Waals surface area contributed by atoms with Gasteiger partial charge in [-0.3, -0.25) is 0 Å². The molecule has 2 aromatic rings. The van der Waals surface area contributed by atoms with Gasteiger partial charge in [0, 0.05) is 0 Å². The van der Waals surface area contributed by atoms with Crippen molar-refractivity contribution in [3.8, 4) is 23.0 Å². The summed E-state index contributed by atoms with van der Waals surface area (Å²) in [5, 5.41) is 0. The van der Waals surface area contributed by atoms with E-state index >= 15 is 0 Å². The van der Waals surface area contributed by atoms with Gasteiger partial charge in [-0.15, -0.1) is 0 Å². The molecule has 1 atom stereocenters. The number of hydrogen-bond acceptors (Lipinski definition) is 8. The maximum absolute atomic E-state index is 11.7. The van der Waals surface area contributed by atoms with E-state index < -0.39 is 18.4 Å². The molecule has 0 fully saturated rings. The van der Waals surface area contributed by atoms with Crippen LogP contribution in [0.5, 0.6) is 23.0 Å². The molecule has 0 N–H and O–H groups in total. The van der Waals surface area contributed by atoms with Gasteiger partial charge in [-0.05, 0) is 55.5 Å². The highest BCUT2D eigenvalue weighted by molar-refractivity contribution is 5.65. The Morgan fingerprint density at radius 1 is 0.741 bits per heavy atom. The number of ether oxygens (including phenoxy) is 6. The van der Waals surface area contributed by atoms with Crippen molar-refractivity contribution >= 4 is 12.3 Å². The van der Waals surface area contributed by atoms with Crippen molar-refractivity contribution < 1.29 is 38.0 Å². The Labute approximate surface area is 156 Å². The molecule has 0 amide bonds. The van der Waals surface area contributed by atoms with Gasteiger partial charge >= 0.3 is 12.3 Å². The van der Waals surface area contributed by atoms with E-state index in [4.69, 9.17) is 28.4 Å². The first-order valence-electron chi connectivity index (χ1n) is 8.01. The summed E-state index contributed by atoms with van der Waals surface area (Å²) in [5.41, 5.74) is 0. The quantitative estimate of drug-likeness (QED) is 0.532. The molecule has 0 saturated heterocycles. The van der Waals surface area contributed by atoms with Crippen molar-refractivity contribution in [2.45, 2.75) is 13.0 Å². The average Bonchev–Trinajstić information content (AvgIpc) is 2.67. The maximum Gasteiger partial charge on any atom is 0.514 e. The molecule has 0 heterocycles. The zero-order chi connectivity index (χ0) is 19.6. The standard InChI is InChI=1S/C19H20O8/c1-13(25-19(21)27-17-10-6-15(23-3)7-11-17)12-24-18(20)26-16-8-4-14(22-2)5-9-16/h4-11,13H,12H2,1-3H3. The number of methoxy groups -OCH3 is 2. The lowest BCUT2D eigenvalue weighted by Crippen LogP contribution is -2.25. The van der Waals surface area contributed by atoms with Gasteiger partial charge in [0.1, 0.15) is 35.7 Å². The smallest absolute Gasteiger partial charge is 0.497 e. The van der Waals surface area contributed by atoms with Crippen LogP contribution in [0.1, 0.15) is 6.92 Å². The normalized spacial score (nSPS) is 11.1. The zero-order valence-corrected chi connectivity index (χ0v) is 15.2. The average molecular weight is 376 g/mol. The Morgan fingerprint density at radius 2 is 1.15 bits per heavy atom. The first-order valence-corrected chi connectivity index (χ1v) is 8.01. The summed E-state index contributed by atoms with van der Waals surface area (Å²) >= 11 is 0. The van der Waals surface area contributed by atoms with Gasteiger partial charge in [0.2, 0.25) is 0 Å². The lowest BCUT2D eigenvalue weighted by atomic mass is 10.3. The molecule has 0 saturated carbocycles. The number of rotatable bonds is 7. The van der Waals surface area contributed by atoms with Gasteiger partial charge in [-0.1, -0.05) is 0 Å². The molecule has 0 aromatic heterocycles. The number of carbonyl (C=O) groups is 2. The van der Waals surface area contributed by atoms with Crippen LogP contribution in [0.15, 0.2) is 48.5 Å². The Bertz CT molecular complexity index is 739. The molecule has 0 radical (unpaired) electrons. The number of hydrogen-bond donors (Lipinski definition) is 0. The molecule has 1 unspecified atom stereocenters. The largest absolute Gasteiger partial charge is 0.514 e. The predicted octanol–water partition coefficient (Wildman–Crippen LogP) is 3.82. The first kappa shape index (κ1) is 19.9. The maximum atomic E-state index is 11.7. The minimum absolute atomic E-state index is 0.188. The Hall–Kier alpha value is -3.42. The lowest BCUT2D eigenvalue weighted by Gasteiger charge is -2.13. The van der Waals surface area contributed by atoms with Crippen LogP contribution in [0.25, 0.3) is 0 Å². The molecule has 8 nitrogen and oxygen atoms in total. The van der Waals surface area contributed by atoms with Gasteiger partial charge in [0.15, 0.2) is 0 Å². The number of carbonyl (C=O) groups excluding carboxylic acids is 2. The van der Waals surface area contributed by atoms with E-state index in [1.165, 1.54) is 14.2 Å². The van der Waals surface area contributed by atoms with E-state index in [0.717, 1.165) is 0 Å². The van der Waals surface area contributed by atoms with Crippen LogP contribution in [0, 0.1) is 0 Å². The molecule has 2 rings (SSSR count). The van der Waals surface area contributed by atoms with Crippen molar-refractivity contribution in [3.05, 3.63) is 48.5 Å². The zero-order valence-electron chi connectivity index (χ0n) is 15.2. The van der Waals surface area contributed by atoms with Crippen molar-refractivity contribution in [1.82, 2.24) is 0 Å². The molecule has 0 aliphatic carbocycles. The molecule has 0 aliphatic rings. The topological polar surface area (TPSA) is 89.5 Å². The molecule has 144 valence electrons. The summed E-state index contributed by atoms with van der Waals surface area (Å²) in [6.45, 7) is 1.36. The highest BCUT2D eigenvalue weighted by Crippen LogP contribution is 2.18. The third-order valence-corrected chi connectivity index (χ3v) is 3.25. The molecule has 0 bridgehead atoms. The van der Waals surface area contributed by atoms with Gasteiger partial charge in [-0.25, -0.2) is 9.59 Å². The van der Waals surface area contributed by atoms with Crippen LogP contribution in [0.3, 0.4) is 0 Å². The Kier molecular flexibility index (Phi) is 7.30. The fraction of sp³-hybridized carbons (Fsp3) is 0.263. The van der Waals surface area contributed by atoms with E-state index in [-0.39, 0.29) is 6.61 Å². The fourth-order valence-electron chi connectivity index (χ4n) is 1.92.